The van der Waals surface area contributed by atoms with Crippen LogP contribution in [0.15, 0.2) is 18.3 Å². The monoisotopic (exact) mass is 254 g/mol. The van der Waals surface area contributed by atoms with Crippen molar-refractivity contribution in [3.05, 3.63) is 18.3 Å². The third-order valence-electron chi connectivity index (χ3n) is 2.44. The first kappa shape index (κ1) is 14.7. The molecule has 1 rings (SSSR count). The van der Waals surface area contributed by atoms with Crippen molar-refractivity contribution in [2.24, 2.45) is 0 Å². The van der Waals surface area contributed by atoms with Gasteiger partial charge < -0.3 is 19.9 Å². The number of rotatable bonds is 9. The molecule has 0 radical (unpaired) electrons. The number of aromatic nitrogens is 1. The van der Waals surface area contributed by atoms with Gasteiger partial charge in [-0.25, -0.2) is 4.98 Å². The number of hydrogen-bond acceptors (Lipinski definition) is 5. The number of nitrogens with zero attached hydrogens (tertiary/aromatic N) is 1. The number of methoxy groups -OCH3 is 1. The van der Waals surface area contributed by atoms with E-state index in [-0.39, 0.29) is 0 Å². The van der Waals surface area contributed by atoms with Crippen molar-refractivity contribution in [3.63, 3.8) is 0 Å². The molecule has 0 amide bonds. The van der Waals surface area contributed by atoms with Crippen LogP contribution in [0.3, 0.4) is 0 Å². The number of nitrogens with one attached hydrogen (secondary N) is 1. The number of unbranched alkanes of at least 4 members (excludes halogenated alkanes) is 1. The van der Waals surface area contributed by atoms with Gasteiger partial charge in [-0.3, -0.25) is 0 Å². The Bertz CT molecular complexity index is 317. The van der Waals surface area contributed by atoms with Crippen molar-refractivity contribution >= 4 is 5.69 Å². The van der Waals surface area contributed by atoms with Gasteiger partial charge in [-0.05, 0) is 12.5 Å². The second kappa shape index (κ2) is 8.72. The molecule has 0 aliphatic rings. The maximum atomic E-state index is 9.68. The van der Waals surface area contributed by atoms with E-state index in [0.29, 0.717) is 25.6 Å². The van der Waals surface area contributed by atoms with Gasteiger partial charge in [-0.15, -0.1) is 0 Å². The number of hydrogen-bond donors (Lipinski definition) is 2. The molecule has 0 spiro atoms. The fourth-order valence-corrected chi connectivity index (χ4v) is 1.37. The first-order chi connectivity index (χ1) is 8.76. The summed E-state index contributed by atoms with van der Waals surface area (Å²) >= 11 is 0. The largest absolute Gasteiger partial charge is 0.481 e. The summed E-state index contributed by atoms with van der Waals surface area (Å²) in [5, 5.41) is 12.8. The fourth-order valence-electron chi connectivity index (χ4n) is 1.37. The molecule has 0 fully saturated rings. The minimum absolute atomic E-state index is 0.358. The Morgan fingerprint density at radius 1 is 1.44 bits per heavy atom. The van der Waals surface area contributed by atoms with E-state index < -0.39 is 6.10 Å². The molecule has 0 saturated heterocycles. The summed E-state index contributed by atoms with van der Waals surface area (Å²) in [6.07, 6.45) is 3.29. The lowest BCUT2D eigenvalue weighted by Crippen LogP contribution is -2.25. The third kappa shape index (κ3) is 5.84. The summed E-state index contributed by atoms with van der Waals surface area (Å²) in [6.45, 7) is 3.62. The van der Waals surface area contributed by atoms with E-state index in [1.165, 1.54) is 0 Å². The van der Waals surface area contributed by atoms with Crippen LogP contribution >= 0.6 is 0 Å². The van der Waals surface area contributed by atoms with E-state index in [1.807, 2.05) is 6.07 Å². The number of aliphatic hydroxyl groups is 1. The standard InChI is InChI=1S/C13H22N2O3/c1-3-4-7-18-10-12(16)9-14-11-5-6-13(17-2)15-8-11/h5-6,8,12,14,16H,3-4,7,9-10H2,1-2H3. The van der Waals surface area contributed by atoms with Crippen LogP contribution < -0.4 is 10.1 Å². The second-order valence-corrected chi connectivity index (χ2v) is 4.05. The molecule has 1 heterocycles. The van der Waals surface area contributed by atoms with Gasteiger partial charge in [-0.1, -0.05) is 13.3 Å². The molecule has 0 saturated carbocycles. The average molecular weight is 254 g/mol. The summed E-state index contributed by atoms with van der Waals surface area (Å²) in [4.78, 5) is 4.06. The lowest BCUT2D eigenvalue weighted by atomic mass is 10.3. The highest BCUT2D eigenvalue weighted by atomic mass is 16.5. The number of ether oxygens (including phenoxy) is 2. The van der Waals surface area contributed by atoms with E-state index in [2.05, 4.69) is 17.2 Å². The minimum atomic E-state index is -0.510. The Morgan fingerprint density at radius 2 is 2.28 bits per heavy atom. The van der Waals surface area contributed by atoms with Crippen LogP contribution in [0.4, 0.5) is 5.69 Å². The topological polar surface area (TPSA) is 63.6 Å². The first-order valence-electron chi connectivity index (χ1n) is 6.26. The summed E-state index contributed by atoms with van der Waals surface area (Å²) in [5.41, 5.74) is 0.850. The lowest BCUT2D eigenvalue weighted by molar-refractivity contribution is 0.0422. The van der Waals surface area contributed by atoms with E-state index in [1.54, 1.807) is 19.4 Å². The normalized spacial score (nSPS) is 12.2. The number of pyridine rings is 1. The molecule has 1 atom stereocenters. The SMILES string of the molecule is CCCCOCC(O)CNc1ccc(OC)nc1. The molecule has 1 unspecified atom stereocenters. The average Bonchev–Trinajstić information content (AvgIpc) is 2.42. The molecule has 5 heteroatoms. The molecule has 0 aliphatic carbocycles. The molecule has 18 heavy (non-hydrogen) atoms. The van der Waals surface area contributed by atoms with E-state index in [0.717, 1.165) is 18.5 Å². The second-order valence-electron chi connectivity index (χ2n) is 4.05. The maximum absolute atomic E-state index is 9.68. The fraction of sp³-hybridized carbons (Fsp3) is 0.615. The van der Waals surface area contributed by atoms with Crippen LogP contribution in [0.2, 0.25) is 0 Å². The quantitative estimate of drug-likeness (QED) is 0.656. The Hall–Kier alpha value is -1.33. The maximum Gasteiger partial charge on any atom is 0.213 e. The van der Waals surface area contributed by atoms with Crippen molar-refractivity contribution in [3.8, 4) is 5.88 Å². The van der Waals surface area contributed by atoms with Gasteiger partial charge in [0.1, 0.15) is 0 Å². The van der Waals surface area contributed by atoms with Gasteiger partial charge in [-0.2, -0.15) is 0 Å². The van der Waals surface area contributed by atoms with Crippen molar-refractivity contribution in [2.75, 3.05) is 32.2 Å². The predicted molar refractivity (Wildman–Crippen MR) is 71.0 cm³/mol. The zero-order chi connectivity index (χ0) is 13.2. The summed E-state index contributed by atoms with van der Waals surface area (Å²) in [5.74, 6) is 0.573. The molecular weight excluding hydrogens is 232 g/mol. The van der Waals surface area contributed by atoms with Crippen LogP contribution in [0.5, 0.6) is 5.88 Å². The van der Waals surface area contributed by atoms with Crippen LogP contribution in [0.25, 0.3) is 0 Å². The Balaban J connectivity index is 2.18. The van der Waals surface area contributed by atoms with E-state index in [9.17, 15) is 5.11 Å². The lowest BCUT2D eigenvalue weighted by Gasteiger charge is -2.13. The Kier molecular flexibility index (Phi) is 7.13. The van der Waals surface area contributed by atoms with Gasteiger partial charge >= 0.3 is 0 Å². The van der Waals surface area contributed by atoms with E-state index in [4.69, 9.17) is 9.47 Å². The molecule has 102 valence electrons. The van der Waals surface area contributed by atoms with Crippen molar-refractivity contribution in [1.82, 2.24) is 4.98 Å². The van der Waals surface area contributed by atoms with Crippen LogP contribution in [0.1, 0.15) is 19.8 Å². The third-order valence-corrected chi connectivity index (χ3v) is 2.44. The Morgan fingerprint density at radius 3 is 2.89 bits per heavy atom. The zero-order valence-electron chi connectivity index (χ0n) is 11.1. The van der Waals surface area contributed by atoms with Crippen LogP contribution in [-0.4, -0.2) is 43.1 Å². The summed E-state index contributed by atoms with van der Waals surface area (Å²) in [6, 6.07) is 3.63. The minimum Gasteiger partial charge on any atom is -0.481 e. The highest BCUT2D eigenvalue weighted by Crippen LogP contribution is 2.10. The van der Waals surface area contributed by atoms with Crippen molar-refractivity contribution < 1.29 is 14.6 Å². The highest BCUT2D eigenvalue weighted by molar-refractivity contribution is 5.42. The van der Waals surface area contributed by atoms with Crippen LogP contribution in [0, 0.1) is 0 Å². The molecule has 1 aromatic rings. The predicted octanol–water partition coefficient (Wildman–Crippen LogP) is 1.68. The summed E-state index contributed by atoms with van der Waals surface area (Å²) in [7, 11) is 1.58. The Labute approximate surface area is 108 Å². The van der Waals surface area contributed by atoms with Gasteiger partial charge in [0, 0.05) is 19.2 Å². The van der Waals surface area contributed by atoms with E-state index >= 15 is 0 Å². The van der Waals surface area contributed by atoms with Gasteiger partial charge in [0.05, 0.1) is 31.7 Å². The molecule has 5 nitrogen and oxygen atoms in total. The molecular formula is C13H22N2O3. The molecule has 0 aliphatic heterocycles. The molecule has 2 N–H and O–H groups in total. The first-order valence-corrected chi connectivity index (χ1v) is 6.26. The zero-order valence-corrected chi connectivity index (χ0v) is 11.1. The molecule has 1 aromatic heterocycles. The highest BCUT2D eigenvalue weighted by Gasteiger charge is 2.04. The smallest absolute Gasteiger partial charge is 0.213 e. The number of aliphatic hydroxyl groups excluding tert-OH is 1. The number of anilines is 1. The van der Waals surface area contributed by atoms with Gasteiger partial charge in [0.15, 0.2) is 0 Å². The molecule has 0 bridgehead atoms. The van der Waals surface area contributed by atoms with Gasteiger partial charge in [0.25, 0.3) is 0 Å². The van der Waals surface area contributed by atoms with Crippen LogP contribution in [-0.2, 0) is 4.74 Å². The van der Waals surface area contributed by atoms with Crippen molar-refractivity contribution in [1.29, 1.82) is 0 Å². The van der Waals surface area contributed by atoms with Crippen molar-refractivity contribution in [2.45, 2.75) is 25.9 Å². The molecule has 0 aromatic carbocycles. The summed E-state index contributed by atoms with van der Waals surface area (Å²) < 4.78 is 10.3. The van der Waals surface area contributed by atoms with Gasteiger partial charge in [0.2, 0.25) is 5.88 Å².